The van der Waals surface area contributed by atoms with Gasteiger partial charge in [0.2, 0.25) is 10.0 Å². The molecule has 8 nitrogen and oxygen atoms in total. The molecule has 4 heterocycles. The van der Waals surface area contributed by atoms with Crippen molar-refractivity contribution in [2.75, 3.05) is 45.6 Å². The molecular formula is C18H24N4O4S. The molecule has 0 unspecified atom stereocenters. The number of hydrogen-bond donors (Lipinski definition) is 0. The molecule has 0 aromatic carbocycles. The first-order chi connectivity index (χ1) is 12.9. The molecule has 4 rings (SSSR count). The number of morpholine rings is 1. The Labute approximate surface area is 158 Å². The summed E-state index contributed by atoms with van der Waals surface area (Å²) in [7, 11) is -3.13. The summed E-state index contributed by atoms with van der Waals surface area (Å²) in [6, 6.07) is 4.05. The third-order valence-corrected chi connectivity index (χ3v) is 6.77. The first kappa shape index (κ1) is 18.4. The second-order valence-corrected chi connectivity index (χ2v) is 9.17. The Morgan fingerprint density at radius 1 is 1.19 bits per heavy atom. The standard InChI is InChI=1S/C18H24N4O4S/c1-27(24,25)21-5-2-14(3-6-21)15-4-7-22-17(12-15)16(13-19-22)18(23)20-8-10-26-11-9-20/h4,7,12-14H,2-3,5-6,8-11H2,1H3. The molecule has 0 aliphatic carbocycles. The molecule has 2 aliphatic heterocycles. The highest BCUT2D eigenvalue weighted by atomic mass is 32.2. The third-order valence-electron chi connectivity index (χ3n) is 5.47. The molecule has 0 spiro atoms. The molecule has 0 atom stereocenters. The summed E-state index contributed by atoms with van der Waals surface area (Å²) in [4.78, 5) is 14.7. The van der Waals surface area contributed by atoms with Crippen molar-refractivity contribution in [2.24, 2.45) is 0 Å². The van der Waals surface area contributed by atoms with Crippen LogP contribution < -0.4 is 0 Å². The smallest absolute Gasteiger partial charge is 0.257 e. The van der Waals surface area contributed by atoms with Crippen molar-refractivity contribution in [3.05, 3.63) is 35.7 Å². The van der Waals surface area contributed by atoms with Crippen molar-refractivity contribution in [1.82, 2.24) is 18.8 Å². The van der Waals surface area contributed by atoms with Crippen molar-refractivity contribution in [3.63, 3.8) is 0 Å². The van der Waals surface area contributed by atoms with Crippen LogP contribution in [0, 0.1) is 0 Å². The predicted molar refractivity (Wildman–Crippen MR) is 100 cm³/mol. The molecule has 0 N–H and O–H groups in total. The zero-order valence-electron chi connectivity index (χ0n) is 15.4. The van der Waals surface area contributed by atoms with E-state index < -0.39 is 10.0 Å². The fourth-order valence-corrected chi connectivity index (χ4v) is 4.75. The minimum Gasteiger partial charge on any atom is -0.378 e. The molecule has 27 heavy (non-hydrogen) atoms. The number of nitrogens with zero attached hydrogens (tertiary/aromatic N) is 4. The quantitative estimate of drug-likeness (QED) is 0.776. The Bertz CT molecular complexity index is 941. The SMILES string of the molecule is CS(=O)(=O)N1CCC(c2ccn3ncc(C(=O)N4CCOCC4)c3c2)CC1. The van der Waals surface area contributed by atoms with Gasteiger partial charge >= 0.3 is 0 Å². The summed E-state index contributed by atoms with van der Waals surface area (Å²) in [6.07, 6.45) is 6.33. The van der Waals surface area contributed by atoms with E-state index in [1.54, 1.807) is 15.6 Å². The number of ether oxygens (including phenoxy) is 1. The summed E-state index contributed by atoms with van der Waals surface area (Å²) >= 11 is 0. The maximum atomic E-state index is 12.9. The van der Waals surface area contributed by atoms with E-state index in [1.807, 2.05) is 18.3 Å². The Hall–Kier alpha value is -1.97. The Morgan fingerprint density at radius 3 is 2.56 bits per heavy atom. The van der Waals surface area contributed by atoms with Crippen LogP contribution in [-0.2, 0) is 14.8 Å². The van der Waals surface area contributed by atoms with Gasteiger partial charge in [-0.3, -0.25) is 4.79 Å². The number of pyridine rings is 1. The maximum Gasteiger partial charge on any atom is 0.257 e. The zero-order chi connectivity index (χ0) is 19.0. The number of sulfonamides is 1. The van der Waals surface area contributed by atoms with Crippen molar-refractivity contribution < 1.29 is 17.9 Å². The minimum atomic E-state index is -3.13. The fraction of sp³-hybridized carbons (Fsp3) is 0.556. The Balaban J connectivity index is 1.56. The molecule has 0 radical (unpaired) electrons. The molecule has 2 aromatic rings. The van der Waals surface area contributed by atoms with Crippen molar-refractivity contribution >= 4 is 21.4 Å². The first-order valence-electron chi connectivity index (χ1n) is 9.23. The predicted octanol–water partition coefficient (Wildman–Crippen LogP) is 0.946. The summed E-state index contributed by atoms with van der Waals surface area (Å²) in [5.41, 5.74) is 2.54. The van der Waals surface area contributed by atoms with Gasteiger partial charge < -0.3 is 9.64 Å². The molecule has 2 aromatic heterocycles. The van der Waals surface area contributed by atoms with Crippen molar-refractivity contribution in [2.45, 2.75) is 18.8 Å². The summed E-state index contributed by atoms with van der Waals surface area (Å²) in [6.45, 7) is 3.39. The number of hydrogen-bond acceptors (Lipinski definition) is 5. The van der Waals surface area contributed by atoms with Crippen LogP contribution in [0.25, 0.3) is 5.52 Å². The van der Waals surface area contributed by atoms with E-state index in [0.29, 0.717) is 45.0 Å². The van der Waals surface area contributed by atoms with Crippen LogP contribution in [0.1, 0.15) is 34.7 Å². The van der Waals surface area contributed by atoms with Crippen LogP contribution in [0.3, 0.4) is 0 Å². The average Bonchev–Trinajstić information content (AvgIpc) is 3.10. The number of aromatic nitrogens is 2. The van der Waals surface area contributed by atoms with Gasteiger partial charge in [0.25, 0.3) is 5.91 Å². The molecular weight excluding hydrogens is 368 g/mol. The monoisotopic (exact) mass is 392 g/mol. The summed E-state index contributed by atoms with van der Waals surface area (Å²) < 4.78 is 32.0. The number of fused-ring (bicyclic) bond motifs is 1. The van der Waals surface area contributed by atoms with Crippen LogP contribution in [0.5, 0.6) is 0 Å². The van der Waals surface area contributed by atoms with E-state index >= 15 is 0 Å². The lowest BCUT2D eigenvalue weighted by atomic mass is 9.90. The fourth-order valence-electron chi connectivity index (χ4n) is 3.87. The minimum absolute atomic E-state index is 0.0163. The molecule has 0 saturated carbocycles. The van der Waals surface area contributed by atoms with Crippen LogP contribution in [0.4, 0.5) is 0 Å². The topological polar surface area (TPSA) is 84.2 Å². The van der Waals surface area contributed by atoms with Gasteiger partial charge in [-0.05, 0) is 36.5 Å². The first-order valence-corrected chi connectivity index (χ1v) is 11.1. The largest absolute Gasteiger partial charge is 0.378 e. The normalized spacial score (nSPS) is 20.3. The lowest BCUT2D eigenvalue weighted by Crippen LogP contribution is -2.40. The molecule has 146 valence electrons. The van der Waals surface area contributed by atoms with Gasteiger partial charge in [-0.25, -0.2) is 17.2 Å². The molecule has 9 heteroatoms. The summed E-state index contributed by atoms with van der Waals surface area (Å²) in [5, 5.41) is 4.32. The molecule has 2 saturated heterocycles. The van der Waals surface area contributed by atoms with Gasteiger partial charge in [-0.1, -0.05) is 0 Å². The molecule has 2 aliphatic rings. The Kier molecular flexibility index (Phi) is 4.92. The van der Waals surface area contributed by atoms with Gasteiger partial charge in [0.15, 0.2) is 0 Å². The van der Waals surface area contributed by atoms with E-state index in [2.05, 4.69) is 5.10 Å². The van der Waals surface area contributed by atoms with E-state index in [4.69, 9.17) is 4.74 Å². The number of amides is 1. The van der Waals surface area contributed by atoms with Crippen molar-refractivity contribution in [1.29, 1.82) is 0 Å². The highest BCUT2D eigenvalue weighted by Gasteiger charge is 2.27. The molecule has 0 bridgehead atoms. The van der Waals surface area contributed by atoms with Gasteiger partial charge in [0.05, 0.1) is 36.7 Å². The lowest BCUT2D eigenvalue weighted by molar-refractivity contribution is 0.0304. The van der Waals surface area contributed by atoms with E-state index in [9.17, 15) is 13.2 Å². The highest BCUT2D eigenvalue weighted by Crippen LogP contribution is 2.30. The van der Waals surface area contributed by atoms with Gasteiger partial charge in [-0.2, -0.15) is 5.10 Å². The average molecular weight is 392 g/mol. The van der Waals surface area contributed by atoms with Crippen LogP contribution in [0.2, 0.25) is 0 Å². The molecule has 1 amide bonds. The molecule has 2 fully saturated rings. The summed E-state index contributed by atoms with van der Waals surface area (Å²) in [5.74, 6) is 0.270. The Morgan fingerprint density at radius 2 is 1.89 bits per heavy atom. The third kappa shape index (κ3) is 3.71. The van der Waals surface area contributed by atoms with E-state index in [-0.39, 0.29) is 11.8 Å². The zero-order valence-corrected chi connectivity index (χ0v) is 16.2. The number of carbonyl (C=O) groups excluding carboxylic acids is 1. The number of piperidine rings is 1. The van der Waals surface area contributed by atoms with Crippen LogP contribution in [0.15, 0.2) is 24.5 Å². The van der Waals surface area contributed by atoms with Crippen LogP contribution >= 0.6 is 0 Å². The van der Waals surface area contributed by atoms with Crippen molar-refractivity contribution in [3.8, 4) is 0 Å². The second kappa shape index (κ2) is 7.21. The lowest BCUT2D eigenvalue weighted by Gasteiger charge is -2.30. The second-order valence-electron chi connectivity index (χ2n) is 7.19. The number of rotatable bonds is 3. The number of carbonyl (C=O) groups is 1. The van der Waals surface area contributed by atoms with Crippen LogP contribution in [-0.4, -0.2) is 78.8 Å². The van der Waals surface area contributed by atoms with E-state index in [0.717, 1.165) is 23.9 Å². The van der Waals surface area contributed by atoms with Gasteiger partial charge in [0.1, 0.15) is 0 Å². The van der Waals surface area contributed by atoms with E-state index in [1.165, 1.54) is 10.6 Å². The van der Waals surface area contributed by atoms with Gasteiger partial charge in [-0.15, -0.1) is 0 Å². The van der Waals surface area contributed by atoms with Gasteiger partial charge in [0, 0.05) is 32.4 Å². The highest BCUT2D eigenvalue weighted by molar-refractivity contribution is 7.88. The maximum absolute atomic E-state index is 12.9.